The fourth-order valence-corrected chi connectivity index (χ4v) is 1.96. The van der Waals surface area contributed by atoms with E-state index in [9.17, 15) is 13.2 Å². The van der Waals surface area contributed by atoms with Crippen LogP contribution in [0.15, 0.2) is 0 Å². The topological polar surface area (TPSA) is 38.0 Å². The van der Waals surface area contributed by atoms with Crippen molar-refractivity contribution in [1.29, 1.82) is 0 Å². The van der Waals surface area contributed by atoms with Crippen LogP contribution in [0, 0.1) is 0 Å². The lowest BCUT2D eigenvalue weighted by Crippen LogP contribution is -2.29. The highest BCUT2D eigenvalue weighted by atomic mass is 19.4. The Balaban J connectivity index is 1.93. The zero-order valence-corrected chi connectivity index (χ0v) is 8.82. The van der Waals surface area contributed by atoms with Crippen LogP contribution in [0.5, 0.6) is 0 Å². The number of halogens is 3. The second kappa shape index (κ2) is 5.70. The van der Waals surface area contributed by atoms with Crippen LogP contribution in [-0.4, -0.2) is 24.8 Å². The number of hydrogen-bond donors (Lipinski definition) is 2. The summed E-state index contributed by atoms with van der Waals surface area (Å²) in [5.41, 5.74) is 5.72. The van der Waals surface area contributed by atoms with E-state index in [1.165, 1.54) is 0 Å². The molecule has 0 aliphatic heterocycles. The predicted octanol–water partition coefficient (Wildman–Crippen LogP) is 2.19. The number of hydrogen-bond acceptors (Lipinski definition) is 2. The molecule has 2 atom stereocenters. The van der Waals surface area contributed by atoms with Gasteiger partial charge >= 0.3 is 6.18 Å². The molecular weight excluding hydrogens is 205 g/mol. The van der Waals surface area contributed by atoms with Crippen LogP contribution in [0.3, 0.4) is 0 Å². The maximum Gasteiger partial charge on any atom is 0.389 e. The van der Waals surface area contributed by atoms with Gasteiger partial charge in [0, 0.05) is 18.5 Å². The van der Waals surface area contributed by atoms with E-state index >= 15 is 0 Å². The third kappa shape index (κ3) is 5.99. The molecule has 0 aromatic rings. The molecule has 0 amide bonds. The summed E-state index contributed by atoms with van der Waals surface area (Å²) in [6, 6.07) is 0.698. The molecule has 0 aromatic heterocycles. The molecule has 5 heteroatoms. The summed E-state index contributed by atoms with van der Waals surface area (Å²) in [4.78, 5) is 0. The molecule has 0 saturated heterocycles. The van der Waals surface area contributed by atoms with Crippen molar-refractivity contribution in [1.82, 2.24) is 5.32 Å². The molecule has 1 rings (SSSR count). The van der Waals surface area contributed by atoms with Crippen LogP contribution >= 0.6 is 0 Å². The third-order valence-electron chi connectivity index (χ3n) is 2.79. The number of alkyl halides is 3. The van der Waals surface area contributed by atoms with E-state index in [2.05, 4.69) is 5.32 Å². The monoisotopic (exact) mass is 224 g/mol. The van der Waals surface area contributed by atoms with Crippen LogP contribution in [0.4, 0.5) is 13.2 Å². The van der Waals surface area contributed by atoms with Gasteiger partial charge in [0.25, 0.3) is 0 Å². The lowest BCUT2D eigenvalue weighted by molar-refractivity contribution is -0.135. The van der Waals surface area contributed by atoms with Crippen LogP contribution in [0.1, 0.15) is 38.5 Å². The second-order valence-corrected chi connectivity index (χ2v) is 4.30. The van der Waals surface area contributed by atoms with Gasteiger partial charge in [0.1, 0.15) is 0 Å². The van der Waals surface area contributed by atoms with Crippen molar-refractivity contribution in [3.05, 3.63) is 0 Å². The van der Waals surface area contributed by atoms with Gasteiger partial charge in [-0.25, -0.2) is 0 Å². The van der Waals surface area contributed by atoms with Gasteiger partial charge < -0.3 is 11.1 Å². The van der Waals surface area contributed by atoms with Crippen molar-refractivity contribution in [2.24, 2.45) is 5.73 Å². The Kier molecular flexibility index (Phi) is 4.86. The van der Waals surface area contributed by atoms with Crippen LogP contribution < -0.4 is 11.1 Å². The highest BCUT2D eigenvalue weighted by molar-refractivity contribution is 4.82. The largest absolute Gasteiger partial charge is 0.389 e. The van der Waals surface area contributed by atoms with Crippen LogP contribution in [0.2, 0.25) is 0 Å². The van der Waals surface area contributed by atoms with Gasteiger partial charge in [-0.1, -0.05) is 0 Å². The number of rotatable bonds is 5. The molecule has 0 bridgehead atoms. The minimum atomic E-state index is -4.00. The summed E-state index contributed by atoms with van der Waals surface area (Å²) in [7, 11) is 0. The second-order valence-electron chi connectivity index (χ2n) is 4.30. The van der Waals surface area contributed by atoms with Gasteiger partial charge in [0.2, 0.25) is 0 Å². The first-order valence-corrected chi connectivity index (χ1v) is 5.53. The van der Waals surface area contributed by atoms with Crippen LogP contribution in [-0.2, 0) is 0 Å². The summed E-state index contributed by atoms with van der Waals surface area (Å²) in [6.45, 7) is 0.674. The van der Waals surface area contributed by atoms with Crippen LogP contribution in [0.25, 0.3) is 0 Å². The maximum absolute atomic E-state index is 11.8. The van der Waals surface area contributed by atoms with Gasteiger partial charge in [0.05, 0.1) is 0 Å². The Labute approximate surface area is 88.4 Å². The quantitative estimate of drug-likeness (QED) is 0.702. The van der Waals surface area contributed by atoms with Gasteiger partial charge in [-0.05, 0) is 38.6 Å². The van der Waals surface area contributed by atoms with Crippen molar-refractivity contribution < 1.29 is 13.2 Å². The molecule has 0 heterocycles. The first kappa shape index (κ1) is 12.8. The fourth-order valence-electron chi connectivity index (χ4n) is 1.96. The zero-order chi connectivity index (χ0) is 11.3. The fraction of sp³-hybridized carbons (Fsp3) is 1.00. The van der Waals surface area contributed by atoms with Crippen molar-refractivity contribution >= 4 is 0 Å². The molecule has 1 aliphatic rings. The first-order chi connectivity index (χ1) is 6.97. The van der Waals surface area contributed by atoms with Gasteiger partial charge in [0.15, 0.2) is 0 Å². The summed E-state index contributed by atoms with van der Waals surface area (Å²) in [5.74, 6) is 0. The van der Waals surface area contributed by atoms with E-state index in [1.54, 1.807) is 0 Å². The lowest BCUT2D eigenvalue weighted by atomic mass is 10.2. The summed E-state index contributed by atoms with van der Waals surface area (Å²) >= 11 is 0. The standard InChI is InChI=1S/C10H19F3N2/c11-10(12,13)5-1-2-6-15-9-4-3-8(14)7-9/h8-9,15H,1-7,14H2. The molecule has 3 N–H and O–H groups in total. The van der Waals surface area contributed by atoms with Crippen molar-refractivity contribution in [2.75, 3.05) is 6.54 Å². The Morgan fingerprint density at radius 1 is 1.20 bits per heavy atom. The molecule has 0 spiro atoms. The number of nitrogens with two attached hydrogens (primary N) is 1. The van der Waals surface area contributed by atoms with E-state index in [0.717, 1.165) is 19.3 Å². The molecule has 1 aliphatic carbocycles. The van der Waals surface area contributed by atoms with Gasteiger partial charge in [-0.3, -0.25) is 0 Å². The number of nitrogens with one attached hydrogen (secondary N) is 1. The maximum atomic E-state index is 11.8. The Morgan fingerprint density at radius 2 is 1.93 bits per heavy atom. The zero-order valence-electron chi connectivity index (χ0n) is 8.82. The minimum absolute atomic E-state index is 0.218. The minimum Gasteiger partial charge on any atom is -0.328 e. The van der Waals surface area contributed by atoms with E-state index < -0.39 is 12.6 Å². The smallest absolute Gasteiger partial charge is 0.328 e. The molecule has 0 radical (unpaired) electrons. The predicted molar refractivity (Wildman–Crippen MR) is 53.5 cm³/mol. The number of unbranched alkanes of at least 4 members (excludes halogenated alkanes) is 1. The average Bonchev–Trinajstić information content (AvgIpc) is 2.49. The Bertz CT molecular complexity index is 182. The average molecular weight is 224 g/mol. The molecule has 0 aromatic carbocycles. The molecule has 2 nitrogen and oxygen atoms in total. The van der Waals surface area contributed by atoms with E-state index in [0.29, 0.717) is 19.0 Å². The highest BCUT2D eigenvalue weighted by Crippen LogP contribution is 2.22. The Morgan fingerprint density at radius 3 is 2.47 bits per heavy atom. The van der Waals surface area contributed by atoms with E-state index in [4.69, 9.17) is 5.73 Å². The lowest BCUT2D eigenvalue weighted by Gasteiger charge is -2.12. The molecule has 1 saturated carbocycles. The van der Waals surface area contributed by atoms with E-state index in [-0.39, 0.29) is 12.5 Å². The molecule has 1 fully saturated rings. The van der Waals surface area contributed by atoms with Gasteiger partial charge in [-0.15, -0.1) is 0 Å². The first-order valence-electron chi connectivity index (χ1n) is 5.53. The van der Waals surface area contributed by atoms with Crippen molar-refractivity contribution in [3.8, 4) is 0 Å². The van der Waals surface area contributed by atoms with E-state index in [1.807, 2.05) is 0 Å². The summed E-state index contributed by atoms with van der Waals surface area (Å²) in [5, 5.41) is 3.25. The van der Waals surface area contributed by atoms with Gasteiger partial charge in [-0.2, -0.15) is 13.2 Å². The summed E-state index contributed by atoms with van der Waals surface area (Å²) in [6.07, 6.45) is -0.824. The summed E-state index contributed by atoms with van der Waals surface area (Å²) < 4.78 is 35.4. The van der Waals surface area contributed by atoms with Crippen molar-refractivity contribution in [2.45, 2.75) is 56.8 Å². The third-order valence-corrected chi connectivity index (χ3v) is 2.79. The normalized spacial score (nSPS) is 27.2. The molecule has 90 valence electrons. The molecule has 2 unspecified atom stereocenters. The molecule has 15 heavy (non-hydrogen) atoms. The van der Waals surface area contributed by atoms with Crippen molar-refractivity contribution in [3.63, 3.8) is 0 Å². The SMILES string of the molecule is NC1CCC(NCCCCC(F)(F)F)C1. The highest BCUT2D eigenvalue weighted by Gasteiger charge is 2.26. The Hall–Kier alpha value is -0.290. The molecular formula is C10H19F3N2.